The SMILES string of the molecule is COc1cccc(CSc2nnc(-c3ccccc3)n2CCN)c1. The molecule has 0 aliphatic heterocycles. The van der Waals surface area contributed by atoms with Gasteiger partial charge in [0.15, 0.2) is 11.0 Å². The first kappa shape index (κ1) is 16.5. The molecular formula is C18H20N4OS. The van der Waals surface area contributed by atoms with Crippen LogP contribution in [-0.2, 0) is 12.3 Å². The lowest BCUT2D eigenvalue weighted by Gasteiger charge is -2.09. The van der Waals surface area contributed by atoms with Gasteiger partial charge in [0.25, 0.3) is 0 Å². The van der Waals surface area contributed by atoms with E-state index in [4.69, 9.17) is 10.5 Å². The summed E-state index contributed by atoms with van der Waals surface area (Å²) in [5.74, 6) is 2.52. The maximum Gasteiger partial charge on any atom is 0.191 e. The second-order valence-corrected chi connectivity index (χ2v) is 6.20. The average Bonchev–Trinajstić information content (AvgIpc) is 3.04. The number of nitrogens with zero attached hydrogens (tertiary/aromatic N) is 3. The van der Waals surface area contributed by atoms with Gasteiger partial charge in [0.2, 0.25) is 0 Å². The molecule has 3 aromatic rings. The van der Waals surface area contributed by atoms with Crippen LogP contribution in [0.25, 0.3) is 11.4 Å². The Kier molecular flexibility index (Phi) is 5.51. The maximum atomic E-state index is 5.78. The molecule has 0 unspecified atom stereocenters. The van der Waals surface area contributed by atoms with E-state index in [0.717, 1.165) is 28.0 Å². The van der Waals surface area contributed by atoms with Crippen LogP contribution in [0, 0.1) is 0 Å². The largest absolute Gasteiger partial charge is 0.497 e. The highest BCUT2D eigenvalue weighted by atomic mass is 32.2. The van der Waals surface area contributed by atoms with Crippen molar-refractivity contribution >= 4 is 11.8 Å². The summed E-state index contributed by atoms with van der Waals surface area (Å²) < 4.78 is 7.36. The predicted octanol–water partition coefficient (Wildman–Crippen LogP) is 3.20. The lowest BCUT2D eigenvalue weighted by molar-refractivity contribution is 0.414. The molecule has 0 spiro atoms. The Balaban J connectivity index is 1.81. The van der Waals surface area contributed by atoms with Gasteiger partial charge in [-0.25, -0.2) is 0 Å². The molecule has 0 aliphatic carbocycles. The fourth-order valence-electron chi connectivity index (χ4n) is 2.44. The standard InChI is InChI=1S/C18H20N4OS/c1-23-16-9-5-6-14(12-16)13-24-18-21-20-17(22(18)11-10-19)15-7-3-2-4-8-15/h2-9,12H,10-11,13,19H2,1H3. The van der Waals surface area contributed by atoms with Crippen molar-refractivity contribution in [2.24, 2.45) is 5.73 Å². The summed E-state index contributed by atoms with van der Waals surface area (Å²) in [5, 5.41) is 9.60. The molecular weight excluding hydrogens is 320 g/mol. The van der Waals surface area contributed by atoms with Crippen LogP contribution < -0.4 is 10.5 Å². The first-order valence-electron chi connectivity index (χ1n) is 7.76. The fraction of sp³-hybridized carbons (Fsp3) is 0.222. The summed E-state index contributed by atoms with van der Waals surface area (Å²) in [7, 11) is 1.68. The van der Waals surface area contributed by atoms with Crippen molar-refractivity contribution < 1.29 is 4.74 Å². The Labute approximate surface area is 145 Å². The van der Waals surface area contributed by atoms with Gasteiger partial charge >= 0.3 is 0 Å². The summed E-state index contributed by atoms with van der Waals surface area (Å²) in [6.45, 7) is 1.24. The number of ether oxygens (including phenoxy) is 1. The molecule has 2 N–H and O–H groups in total. The van der Waals surface area contributed by atoms with Crippen LogP contribution >= 0.6 is 11.8 Å². The summed E-state index contributed by atoms with van der Waals surface area (Å²) in [4.78, 5) is 0. The monoisotopic (exact) mass is 340 g/mol. The zero-order valence-corrected chi connectivity index (χ0v) is 14.4. The second-order valence-electron chi connectivity index (χ2n) is 5.25. The van der Waals surface area contributed by atoms with Gasteiger partial charge in [-0.15, -0.1) is 10.2 Å². The summed E-state index contributed by atoms with van der Waals surface area (Å²) >= 11 is 1.65. The number of aromatic nitrogens is 3. The number of rotatable bonds is 7. The van der Waals surface area contributed by atoms with Crippen molar-refractivity contribution in [3.63, 3.8) is 0 Å². The minimum absolute atomic E-state index is 0.546. The van der Waals surface area contributed by atoms with Crippen molar-refractivity contribution in [2.75, 3.05) is 13.7 Å². The molecule has 3 rings (SSSR count). The van der Waals surface area contributed by atoms with E-state index in [1.165, 1.54) is 5.56 Å². The zero-order valence-electron chi connectivity index (χ0n) is 13.6. The molecule has 0 radical (unpaired) electrons. The van der Waals surface area contributed by atoms with Crippen LogP contribution in [0.4, 0.5) is 0 Å². The van der Waals surface area contributed by atoms with Crippen molar-refractivity contribution in [1.29, 1.82) is 0 Å². The van der Waals surface area contributed by atoms with E-state index >= 15 is 0 Å². The molecule has 24 heavy (non-hydrogen) atoms. The number of thioether (sulfide) groups is 1. The van der Waals surface area contributed by atoms with Crippen LogP contribution in [0.1, 0.15) is 5.56 Å². The molecule has 1 aromatic heterocycles. The number of benzene rings is 2. The van der Waals surface area contributed by atoms with Gasteiger partial charge < -0.3 is 15.0 Å². The van der Waals surface area contributed by atoms with Crippen LogP contribution in [0.3, 0.4) is 0 Å². The van der Waals surface area contributed by atoms with E-state index < -0.39 is 0 Å². The van der Waals surface area contributed by atoms with E-state index in [1.54, 1.807) is 18.9 Å². The van der Waals surface area contributed by atoms with E-state index in [1.807, 2.05) is 48.5 Å². The van der Waals surface area contributed by atoms with E-state index in [0.29, 0.717) is 13.1 Å². The molecule has 2 aromatic carbocycles. The summed E-state index contributed by atoms with van der Waals surface area (Å²) in [6.07, 6.45) is 0. The molecule has 0 fully saturated rings. The number of hydrogen-bond acceptors (Lipinski definition) is 5. The quantitative estimate of drug-likeness (QED) is 0.669. The summed E-state index contributed by atoms with van der Waals surface area (Å²) in [5.41, 5.74) is 8.01. The number of nitrogens with two attached hydrogens (primary N) is 1. The normalized spacial score (nSPS) is 10.8. The smallest absolute Gasteiger partial charge is 0.191 e. The maximum absolute atomic E-state index is 5.78. The predicted molar refractivity (Wildman–Crippen MR) is 97.1 cm³/mol. The summed E-state index contributed by atoms with van der Waals surface area (Å²) in [6, 6.07) is 18.1. The van der Waals surface area contributed by atoms with Crippen LogP contribution in [0.2, 0.25) is 0 Å². The van der Waals surface area contributed by atoms with E-state index in [9.17, 15) is 0 Å². The van der Waals surface area contributed by atoms with Gasteiger partial charge in [0, 0.05) is 24.4 Å². The lowest BCUT2D eigenvalue weighted by Crippen LogP contribution is -2.12. The molecule has 6 heteroatoms. The molecule has 0 bridgehead atoms. The molecule has 0 aliphatic rings. The van der Waals surface area contributed by atoms with Crippen LogP contribution in [0.15, 0.2) is 59.8 Å². The van der Waals surface area contributed by atoms with Crippen LogP contribution in [-0.4, -0.2) is 28.4 Å². The van der Waals surface area contributed by atoms with E-state index in [-0.39, 0.29) is 0 Å². The van der Waals surface area contributed by atoms with Crippen molar-refractivity contribution in [3.05, 3.63) is 60.2 Å². The Morgan fingerprint density at radius 2 is 1.92 bits per heavy atom. The molecule has 0 atom stereocenters. The van der Waals surface area contributed by atoms with Crippen molar-refractivity contribution in [1.82, 2.24) is 14.8 Å². The van der Waals surface area contributed by atoms with Gasteiger partial charge in [-0.1, -0.05) is 54.2 Å². The van der Waals surface area contributed by atoms with Gasteiger partial charge in [0.1, 0.15) is 5.75 Å². The lowest BCUT2D eigenvalue weighted by atomic mass is 10.2. The first-order chi connectivity index (χ1) is 11.8. The van der Waals surface area contributed by atoms with E-state index in [2.05, 4.69) is 20.8 Å². The van der Waals surface area contributed by atoms with Crippen molar-refractivity contribution in [2.45, 2.75) is 17.5 Å². The van der Waals surface area contributed by atoms with Gasteiger partial charge in [-0.05, 0) is 17.7 Å². The second kappa shape index (κ2) is 7.99. The van der Waals surface area contributed by atoms with Crippen molar-refractivity contribution in [3.8, 4) is 17.1 Å². The third-order valence-corrected chi connectivity index (χ3v) is 4.64. The number of methoxy groups -OCH3 is 1. The van der Waals surface area contributed by atoms with Gasteiger partial charge in [-0.3, -0.25) is 0 Å². The Bertz CT molecular complexity index is 789. The molecule has 0 saturated carbocycles. The minimum Gasteiger partial charge on any atom is -0.497 e. The highest BCUT2D eigenvalue weighted by Crippen LogP contribution is 2.27. The molecule has 1 heterocycles. The third kappa shape index (κ3) is 3.77. The Hall–Kier alpha value is -2.31. The minimum atomic E-state index is 0.546. The zero-order chi connectivity index (χ0) is 16.8. The highest BCUT2D eigenvalue weighted by molar-refractivity contribution is 7.98. The molecule has 0 saturated heterocycles. The Morgan fingerprint density at radius 1 is 1.08 bits per heavy atom. The topological polar surface area (TPSA) is 66.0 Å². The average molecular weight is 340 g/mol. The van der Waals surface area contributed by atoms with Gasteiger partial charge in [-0.2, -0.15) is 0 Å². The number of hydrogen-bond donors (Lipinski definition) is 1. The molecule has 5 nitrogen and oxygen atoms in total. The molecule has 0 amide bonds. The fourth-order valence-corrected chi connectivity index (χ4v) is 3.34. The van der Waals surface area contributed by atoms with Crippen LogP contribution in [0.5, 0.6) is 5.75 Å². The van der Waals surface area contributed by atoms with Gasteiger partial charge in [0.05, 0.1) is 7.11 Å². The molecule has 124 valence electrons. The Morgan fingerprint density at radius 3 is 2.67 bits per heavy atom. The third-order valence-electron chi connectivity index (χ3n) is 3.60. The highest BCUT2D eigenvalue weighted by Gasteiger charge is 2.13. The first-order valence-corrected chi connectivity index (χ1v) is 8.75.